The predicted molar refractivity (Wildman–Crippen MR) is 136 cm³/mol. The summed E-state index contributed by atoms with van der Waals surface area (Å²) in [5.41, 5.74) is 2.69. The summed E-state index contributed by atoms with van der Waals surface area (Å²) in [5, 5.41) is 11.2. The summed E-state index contributed by atoms with van der Waals surface area (Å²) in [7, 11) is 0. The Morgan fingerprint density at radius 2 is 2.09 bits per heavy atom. The summed E-state index contributed by atoms with van der Waals surface area (Å²) in [4.78, 5) is 22.3. The van der Waals surface area contributed by atoms with E-state index >= 15 is 0 Å². The molecule has 1 aliphatic carbocycles. The molecule has 0 aliphatic heterocycles. The summed E-state index contributed by atoms with van der Waals surface area (Å²) in [6, 6.07) is 9.82. The molecule has 1 fully saturated rings. The molecule has 0 radical (unpaired) electrons. The van der Waals surface area contributed by atoms with Crippen LogP contribution in [-0.2, 0) is 17.0 Å². The van der Waals surface area contributed by atoms with Gasteiger partial charge in [-0.3, -0.25) is 18.1 Å². The smallest absolute Gasteiger partial charge is 0.208 e. The van der Waals surface area contributed by atoms with Crippen LogP contribution in [0.1, 0.15) is 45.6 Å². The van der Waals surface area contributed by atoms with Gasteiger partial charge in [-0.2, -0.15) is 0 Å². The maximum atomic E-state index is 13.2. The lowest BCUT2D eigenvalue weighted by Gasteiger charge is -2.22. The van der Waals surface area contributed by atoms with Crippen LogP contribution in [0.15, 0.2) is 48.2 Å². The number of carbonyl (C=O) groups excluding carboxylic acids is 1. The van der Waals surface area contributed by atoms with Crippen LogP contribution < -0.4 is 10.5 Å². The van der Waals surface area contributed by atoms with Crippen molar-refractivity contribution in [2.45, 2.75) is 38.1 Å². The standard InChI is InChI=1S/C23H27ClN4O4S2/c24-18-3-1-2-15(8-18)4-5-17-10-21(33-13-17)22(29)20-11-26-14-27-23(20)28-19-7-6-16(9-19)12-32-34(25,30)31/h1-3,8,10-11,13-14,16,19,30-31H,4-7,9,12,25H2,(H,26,27,28). The molecule has 2 atom stereocenters. The first-order chi connectivity index (χ1) is 16.3. The molecule has 3 aromatic rings. The van der Waals surface area contributed by atoms with Gasteiger partial charge in [-0.1, -0.05) is 23.7 Å². The number of ketones is 1. The number of hydrogen-bond acceptors (Lipinski definition) is 9. The number of aryl methyl sites for hydroxylation is 2. The van der Waals surface area contributed by atoms with Crippen LogP contribution in [0, 0.1) is 5.92 Å². The molecule has 2 aromatic heterocycles. The van der Waals surface area contributed by atoms with Crippen molar-refractivity contribution >= 4 is 45.6 Å². The Bertz CT molecular complexity index is 1140. The molecule has 2 unspecified atom stereocenters. The number of hydrogen-bond donors (Lipinski definition) is 4. The van der Waals surface area contributed by atoms with Crippen molar-refractivity contribution in [1.29, 1.82) is 0 Å². The summed E-state index contributed by atoms with van der Waals surface area (Å²) >= 11 is 4.04. The van der Waals surface area contributed by atoms with Crippen LogP contribution in [0.4, 0.5) is 5.82 Å². The monoisotopic (exact) mass is 522 g/mol. The third kappa shape index (κ3) is 6.98. The number of nitrogens with zero attached hydrogens (tertiary/aromatic N) is 2. The molecule has 182 valence electrons. The zero-order valence-corrected chi connectivity index (χ0v) is 20.8. The van der Waals surface area contributed by atoms with E-state index < -0.39 is 11.1 Å². The van der Waals surface area contributed by atoms with Crippen LogP contribution in [0.5, 0.6) is 0 Å². The van der Waals surface area contributed by atoms with Gasteiger partial charge >= 0.3 is 0 Å². The fraction of sp³-hybridized carbons (Fsp3) is 0.348. The summed E-state index contributed by atoms with van der Waals surface area (Å²) < 4.78 is 23.4. The highest BCUT2D eigenvalue weighted by Gasteiger charge is 2.28. The minimum atomic E-state index is -3.45. The Hall–Kier alpha value is -2.05. The van der Waals surface area contributed by atoms with Crippen molar-refractivity contribution in [2.75, 3.05) is 11.9 Å². The third-order valence-electron chi connectivity index (χ3n) is 5.79. The van der Waals surface area contributed by atoms with Crippen LogP contribution in [0.25, 0.3) is 0 Å². The Balaban J connectivity index is 1.37. The van der Waals surface area contributed by atoms with Crippen LogP contribution in [-0.4, -0.2) is 37.5 Å². The van der Waals surface area contributed by atoms with Gasteiger partial charge in [0, 0.05) is 17.3 Å². The van der Waals surface area contributed by atoms with E-state index in [1.165, 1.54) is 17.7 Å². The zero-order chi connectivity index (χ0) is 24.1. The fourth-order valence-corrected chi connectivity index (χ4v) is 5.60. The first kappa shape index (κ1) is 25.1. The van der Waals surface area contributed by atoms with E-state index in [2.05, 4.69) is 15.3 Å². The second kappa shape index (κ2) is 11.1. The molecule has 5 N–H and O–H groups in total. The van der Waals surface area contributed by atoms with Gasteiger partial charge in [-0.25, -0.2) is 15.1 Å². The van der Waals surface area contributed by atoms with Crippen molar-refractivity contribution in [3.63, 3.8) is 0 Å². The predicted octanol–water partition coefficient (Wildman–Crippen LogP) is 5.34. The van der Waals surface area contributed by atoms with Gasteiger partial charge in [-0.15, -0.1) is 11.3 Å². The summed E-state index contributed by atoms with van der Waals surface area (Å²) in [5.74, 6) is 0.535. The van der Waals surface area contributed by atoms with Crippen molar-refractivity contribution in [3.8, 4) is 0 Å². The summed E-state index contributed by atoms with van der Waals surface area (Å²) in [6.07, 6.45) is 7.08. The zero-order valence-electron chi connectivity index (χ0n) is 18.4. The van der Waals surface area contributed by atoms with Crippen molar-refractivity contribution in [3.05, 3.63) is 74.8 Å². The van der Waals surface area contributed by atoms with Crippen molar-refractivity contribution < 1.29 is 18.1 Å². The minimum Gasteiger partial charge on any atom is -0.367 e. The van der Waals surface area contributed by atoms with Crippen LogP contribution >= 0.6 is 34.0 Å². The highest BCUT2D eigenvalue weighted by atomic mass is 35.5. The van der Waals surface area contributed by atoms with E-state index in [1.807, 2.05) is 35.7 Å². The van der Waals surface area contributed by atoms with Crippen molar-refractivity contribution in [1.82, 2.24) is 9.97 Å². The van der Waals surface area contributed by atoms with Gasteiger partial charge in [0.1, 0.15) is 12.1 Å². The van der Waals surface area contributed by atoms with E-state index in [0.29, 0.717) is 16.3 Å². The minimum absolute atomic E-state index is 0.0891. The fourth-order valence-electron chi connectivity index (χ4n) is 4.10. The molecule has 1 aliphatic rings. The molecule has 8 nitrogen and oxygen atoms in total. The van der Waals surface area contributed by atoms with Gasteiger partial charge in [-0.05, 0) is 72.7 Å². The average molecular weight is 523 g/mol. The number of rotatable bonds is 10. The Morgan fingerprint density at radius 1 is 1.26 bits per heavy atom. The molecule has 11 heteroatoms. The molecule has 2 heterocycles. The quantitative estimate of drug-likeness (QED) is 0.262. The average Bonchev–Trinajstić information content (AvgIpc) is 3.45. The van der Waals surface area contributed by atoms with E-state index in [0.717, 1.165) is 48.3 Å². The first-order valence-corrected chi connectivity index (χ1v) is 13.7. The number of benzene rings is 1. The number of halogens is 1. The molecule has 0 bridgehead atoms. The first-order valence-electron chi connectivity index (χ1n) is 10.9. The Labute approximate surface area is 209 Å². The lowest BCUT2D eigenvalue weighted by Crippen LogP contribution is -2.21. The van der Waals surface area contributed by atoms with E-state index in [-0.39, 0.29) is 24.3 Å². The SMILES string of the molecule is NS(O)(O)OCC1CCC(Nc2ncncc2C(=O)c2cc(CCc3cccc(Cl)c3)cs2)C1. The highest BCUT2D eigenvalue weighted by molar-refractivity contribution is 8.18. The van der Waals surface area contributed by atoms with Gasteiger partial charge in [0.2, 0.25) is 5.78 Å². The second-order valence-electron chi connectivity index (χ2n) is 8.41. The van der Waals surface area contributed by atoms with E-state index in [4.69, 9.17) is 20.9 Å². The number of aromatic nitrogens is 2. The molecular weight excluding hydrogens is 496 g/mol. The van der Waals surface area contributed by atoms with Crippen LogP contribution in [0.2, 0.25) is 5.02 Å². The normalized spacial score (nSPS) is 18.7. The van der Waals surface area contributed by atoms with E-state index in [9.17, 15) is 13.9 Å². The number of nitrogens with one attached hydrogen (secondary N) is 1. The number of carbonyl (C=O) groups is 1. The maximum absolute atomic E-state index is 13.2. The second-order valence-corrected chi connectivity index (χ2v) is 11.1. The number of thiophene rings is 1. The topological polar surface area (TPSA) is 131 Å². The number of anilines is 1. The molecule has 4 rings (SSSR count). The van der Waals surface area contributed by atoms with Crippen LogP contribution in [0.3, 0.4) is 0 Å². The Kier molecular flexibility index (Phi) is 8.20. The molecular formula is C23H27ClN4O4S2. The molecule has 0 amide bonds. The largest absolute Gasteiger partial charge is 0.367 e. The Morgan fingerprint density at radius 3 is 2.88 bits per heavy atom. The molecule has 1 aromatic carbocycles. The number of nitrogens with two attached hydrogens (primary N) is 1. The van der Waals surface area contributed by atoms with Gasteiger partial charge in [0.15, 0.2) is 11.1 Å². The molecule has 34 heavy (non-hydrogen) atoms. The van der Waals surface area contributed by atoms with Gasteiger partial charge < -0.3 is 5.32 Å². The van der Waals surface area contributed by atoms with Gasteiger partial charge in [0.05, 0.1) is 17.0 Å². The molecule has 0 saturated heterocycles. The van der Waals surface area contributed by atoms with Gasteiger partial charge in [0.25, 0.3) is 0 Å². The lowest BCUT2D eigenvalue weighted by atomic mass is 10.1. The lowest BCUT2D eigenvalue weighted by molar-refractivity contribution is 0.104. The highest BCUT2D eigenvalue weighted by Crippen LogP contribution is 2.35. The maximum Gasteiger partial charge on any atom is 0.208 e. The van der Waals surface area contributed by atoms with E-state index in [1.54, 1.807) is 6.20 Å². The summed E-state index contributed by atoms with van der Waals surface area (Å²) in [6.45, 7) is 0.180. The molecule has 0 spiro atoms. The molecule has 1 saturated carbocycles. The third-order valence-corrected chi connectivity index (χ3v) is 7.48. The van der Waals surface area contributed by atoms with Crippen molar-refractivity contribution in [2.24, 2.45) is 11.1 Å².